The molecule has 1 rings (SSSR count). The lowest BCUT2D eigenvalue weighted by Crippen LogP contribution is -2.33. The number of amides is 2. The molecule has 0 aromatic rings. The average Bonchev–Trinajstić information content (AvgIpc) is 2.66. The Morgan fingerprint density at radius 3 is 2.28 bits per heavy atom. The Balaban J connectivity index is 3.05. The van der Waals surface area contributed by atoms with Gasteiger partial charge in [0.2, 0.25) is 11.8 Å². The molecule has 0 bridgehead atoms. The lowest BCUT2D eigenvalue weighted by atomic mass is 10.3. The lowest BCUT2D eigenvalue weighted by molar-refractivity contribution is -0.146. The van der Waals surface area contributed by atoms with Gasteiger partial charge in [0.15, 0.2) is 0 Å². The zero-order chi connectivity index (χ0) is 13.7. The Bertz CT molecular complexity index is 409. The smallest absolute Gasteiger partial charge is 0.355 e. The van der Waals surface area contributed by atoms with Crippen LogP contribution in [0.5, 0.6) is 0 Å². The standard InChI is InChI=1S/C11H13NO6/c1-3-18-10(15)6-7(11(16)17-2)12-8(13)4-5-9(12)14/h6H,3-5H2,1-2H3/b7-6-. The maximum atomic E-state index is 11.5. The number of hydrogen-bond acceptors (Lipinski definition) is 6. The molecule has 98 valence electrons. The highest BCUT2D eigenvalue weighted by molar-refractivity contribution is 6.10. The maximum Gasteiger partial charge on any atom is 0.355 e. The summed E-state index contributed by atoms with van der Waals surface area (Å²) in [4.78, 5) is 46.4. The van der Waals surface area contributed by atoms with E-state index >= 15 is 0 Å². The Morgan fingerprint density at radius 1 is 1.28 bits per heavy atom. The minimum atomic E-state index is -0.938. The number of carbonyl (C=O) groups is 4. The van der Waals surface area contributed by atoms with Gasteiger partial charge in [0.05, 0.1) is 19.8 Å². The molecule has 18 heavy (non-hydrogen) atoms. The number of methoxy groups -OCH3 is 1. The molecule has 2 amide bonds. The van der Waals surface area contributed by atoms with E-state index in [1.807, 2.05) is 0 Å². The van der Waals surface area contributed by atoms with E-state index in [1.165, 1.54) is 0 Å². The zero-order valence-electron chi connectivity index (χ0n) is 10.1. The largest absolute Gasteiger partial charge is 0.464 e. The van der Waals surface area contributed by atoms with Crippen LogP contribution < -0.4 is 0 Å². The van der Waals surface area contributed by atoms with Crippen molar-refractivity contribution in [2.24, 2.45) is 0 Å². The molecule has 0 aromatic heterocycles. The molecule has 0 radical (unpaired) electrons. The van der Waals surface area contributed by atoms with Gasteiger partial charge in [-0.2, -0.15) is 0 Å². The normalized spacial score (nSPS) is 15.9. The van der Waals surface area contributed by atoms with Gasteiger partial charge in [0.25, 0.3) is 0 Å². The fourth-order valence-electron chi connectivity index (χ4n) is 1.46. The van der Waals surface area contributed by atoms with Crippen molar-refractivity contribution in [1.29, 1.82) is 0 Å². The number of ether oxygens (including phenoxy) is 2. The third-order valence-corrected chi connectivity index (χ3v) is 2.23. The Morgan fingerprint density at radius 2 is 1.83 bits per heavy atom. The maximum absolute atomic E-state index is 11.5. The molecule has 0 saturated carbocycles. The molecule has 0 aliphatic carbocycles. The van der Waals surface area contributed by atoms with E-state index in [0.29, 0.717) is 4.90 Å². The van der Waals surface area contributed by atoms with Gasteiger partial charge >= 0.3 is 11.9 Å². The van der Waals surface area contributed by atoms with Gasteiger partial charge in [0, 0.05) is 12.8 Å². The first-order valence-electron chi connectivity index (χ1n) is 5.33. The van der Waals surface area contributed by atoms with E-state index in [-0.39, 0.29) is 19.4 Å². The van der Waals surface area contributed by atoms with Crippen molar-refractivity contribution in [3.8, 4) is 0 Å². The second-order valence-corrected chi connectivity index (χ2v) is 3.40. The van der Waals surface area contributed by atoms with E-state index in [0.717, 1.165) is 13.2 Å². The molecule has 0 N–H and O–H groups in total. The minimum absolute atomic E-state index is 0.00991. The van der Waals surface area contributed by atoms with Crippen LogP contribution in [-0.2, 0) is 28.7 Å². The zero-order valence-corrected chi connectivity index (χ0v) is 10.1. The van der Waals surface area contributed by atoms with E-state index in [2.05, 4.69) is 9.47 Å². The monoisotopic (exact) mass is 255 g/mol. The Hall–Kier alpha value is -2.18. The van der Waals surface area contributed by atoms with Crippen LogP contribution in [0.1, 0.15) is 19.8 Å². The second kappa shape index (κ2) is 5.95. The van der Waals surface area contributed by atoms with E-state index < -0.39 is 29.5 Å². The number of nitrogens with zero attached hydrogens (tertiary/aromatic N) is 1. The highest BCUT2D eigenvalue weighted by Gasteiger charge is 2.35. The third-order valence-electron chi connectivity index (χ3n) is 2.23. The van der Waals surface area contributed by atoms with Crippen molar-refractivity contribution in [1.82, 2.24) is 4.90 Å². The number of carbonyl (C=O) groups excluding carboxylic acids is 4. The van der Waals surface area contributed by atoms with Crippen LogP contribution in [-0.4, -0.2) is 42.4 Å². The topological polar surface area (TPSA) is 90.0 Å². The summed E-state index contributed by atoms with van der Waals surface area (Å²) in [5.41, 5.74) is -0.413. The van der Waals surface area contributed by atoms with Crippen molar-refractivity contribution < 1.29 is 28.7 Å². The summed E-state index contributed by atoms with van der Waals surface area (Å²) in [7, 11) is 1.09. The van der Waals surface area contributed by atoms with Crippen LogP contribution in [0.3, 0.4) is 0 Å². The lowest BCUT2D eigenvalue weighted by Gasteiger charge is -2.15. The van der Waals surface area contributed by atoms with Gasteiger partial charge in [0.1, 0.15) is 5.70 Å². The minimum Gasteiger partial charge on any atom is -0.464 e. The Kier molecular flexibility index (Phi) is 4.59. The van der Waals surface area contributed by atoms with Crippen molar-refractivity contribution >= 4 is 23.8 Å². The van der Waals surface area contributed by atoms with Gasteiger partial charge in [-0.25, -0.2) is 14.5 Å². The SMILES string of the molecule is CCOC(=O)/C=C(/C(=O)OC)N1C(=O)CCC1=O. The van der Waals surface area contributed by atoms with E-state index in [1.54, 1.807) is 6.92 Å². The fraction of sp³-hybridized carbons (Fsp3) is 0.455. The van der Waals surface area contributed by atoms with Crippen LogP contribution in [0.2, 0.25) is 0 Å². The number of hydrogen-bond donors (Lipinski definition) is 0. The molecule has 7 nitrogen and oxygen atoms in total. The molecule has 7 heteroatoms. The summed E-state index contributed by atoms with van der Waals surface area (Å²) < 4.78 is 9.06. The summed E-state index contributed by atoms with van der Waals surface area (Å²) in [6, 6.07) is 0. The molecule has 1 aliphatic rings. The van der Waals surface area contributed by atoms with Crippen molar-refractivity contribution in [3.05, 3.63) is 11.8 Å². The van der Waals surface area contributed by atoms with Gasteiger partial charge in [-0.15, -0.1) is 0 Å². The van der Waals surface area contributed by atoms with Gasteiger partial charge < -0.3 is 9.47 Å². The van der Waals surface area contributed by atoms with E-state index in [4.69, 9.17) is 0 Å². The van der Waals surface area contributed by atoms with Crippen LogP contribution in [0.15, 0.2) is 11.8 Å². The highest BCUT2D eigenvalue weighted by Crippen LogP contribution is 2.19. The molecule has 0 aromatic carbocycles. The number of rotatable bonds is 4. The average molecular weight is 255 g/mol. The quantitative estimate of drug-likeness (QED) is 0.391. The Labute approximate surface area is 103 Å². The fourth-order valence-corrected chi connectivity index (χ4v) is 1.46. The number of likely N-dealkylation sites (tertiary alicyclic amines) is 1. The van der Waals surface area contributed by atoms with Gasteiger partial charge in [-0.1, -0.05) is 0 Å². The molecule has 0 unspecified atom stereocenters. The first-order chi connectivity index (χ1) is 8.51. The van der Waals surface area contributed by atoms with E-state index in [9.17, 15) is 19.2 Å². The predicted molar refractivity (Wildman–Crippen MR) is 57.8 cm³/mol. The molecule has 1 saturated heterocycles. The van der Waals surface area contributed by atoms with Crippen LogP contribution in [0.25, 0.3) is 0 Å². The van der Waals surface area contributed by atoms with Crippen molar-refractivity contribution in [2.45, 2.75) is 19.8 Å². The molecular formula is C11H13NO6. The first kappa shape index (κ1) is 13.9. The molecule has 0 atom stereocenters. The first-order valence-corrected chi connectivity index (χ1v) is 5.33. The molecule has 1 aliphatic heterocycles. The predicted octanol–water partition coefficient (Wildman–Crippen LogP) is -0.245. The van der Waals surface area contributed by atoms with Crippen LogP contribution in [0, 0.1) is 0 Å². The summed E-state index contributed by atoms with van der Waals surface area (Å²) in [5.74, 6) is -2.83. The van der Waals surface area contributed by atoms with Crippen molar-refractivity contribution in [2.75, 3.05) is 13.7 Å². The molecule has 1 fully saturated rings. The summed E-state index contributed by atoms with van der Waals surface area (Å²) >= 11 is 0. The number of esters is 2. The number of imide groups is 1. The summed E-state index contributed by atoms with van der Waals surface area (Å²) in [6.45, 7) is 1.71. The van der Waals surface area contributed by atoms with Crippen LogP contribution >= 0.6 is 0 Å². The molecular weight excluding hydrogens is 242 g/mol. The third kappa shape index (κ3) is 2.93. The van der Waals surface area contributed by atoms with Crippen LogP contribution in [0.4, 0.5) is 0 Å². The van der Waals surface area contributed by atoms with Gasteiger partial charge in [-0.3, -0.25) is 9.59 Å². The highest BCUT2D eigenvalue weighted by atomic mass is 16.5. The summed E-state index contributed by atoms with van der Waals surface area (Å²) in [6.07, 6.45) is 0.808. The van der Waals surface area contributed by atoms with Crippen molar-refractivity contribution in [3.63, 3.8) is 0 Å². The second-order valence-electron chi connectivity index (χ2n) is 3.40. The summed E-state index contributed by atoms with van der Waals surface area (Å²) in [5, 5.41) is 0. The van der Waals surface area contributed by atoms with Gasteiger partial charge in [-0.05, 0) is 6.92 Å². The molecule has 1 heterocycles. The molecule has 0 spiro atoms.